The molecule has 1 aromatic carbocycles. The third-order valence-corrected chi connectivity index (χ3v) is 5.24. The van der Waals surface area contributed by atoms with Crippen molar-refractivity contribution in [3.05, 3.63) is 23.3 Å². The van der Waals surface area contributed by atoms with Crippen LogP contribution in [0.1, 0.15) is 37.3 Å². The first-order valence-electron chi connectivity index (χ1n) is 8.20. The minimum absolute atomic E-state index is 0.477. The lowest BCUT2D eigenvalue weighted by Crippen LogP contribution is -2.33. The summed E-state index contributed by atoms with van der Waals surface area (Å²) in [6.45, 7) is 8.13. The molecule has 0 spiro atoms. The molecule has 1 aliphatic heterocycles. The van der Waals surface area contributed by atoms with Crippen LogP contribution in [0, 0.1) is 0 Å². The first-order chi connectivity index (χ1) is 10.7. The van der Waals surface area contributed by atoms with Crippen LogP contribution < -0.4 is 9.47 Å². The molecule has 0 bridgehead atoms. The monoisotopic (exact) mass is 323 g/mol. The molecule has 124 valence electrons. The average Bonchev–Trinajstić information content (AvgIpc) is 2.55. The van der Waals surface area contributed by atoms with E-state index in [1.807, 2.05) is 6.07 Å². The molecular formula is C18H29NO2S. The van der Waals surface area contributed by atoms with Crippen LogP contribution in [0.3, 0.4) is 0 Å². The summed E-state index contributed by atoms with van der Waals surface area (Å²) in [4.78, 5) is 2.58. The summed E-state index contributed by atoms with van der Waals surface area (Å²) in [5.41, 5.74) is 2.70. The molecule has 0 atom stereocenters. The molecule has 1 aliphatic rings. The van der Waals surface area contributed by atoms with Gasteiger partial charge in [-0.3, -0.25) is 0 Å². The van der Waals surface area contributed by atoms with Gasteiger partial charge in [-0.05, 0) is 42.5 Å². The zero-order chi connectivity index (χ0) is 15.9. The highest BCUT2D eigenvalue weighted by atomic mass is 32.2. The number of ether oxygens (including phenoxy) is 2. The predicted molar refractivity (Wildman–Crippen MR) is 95.7 cm³/mol. The summed E-state index contributed by atoms with van der Waals surface area (Å²) < 4.78 is 11.0. The second kappa shape index (κ2) is 8.68. The van der Waals surface area contributed by atoms with Gasteiger partial charge < -0.3 is 14.4 Å². The Hall–Kier alpha value is -0.870. The van der Waals surface area contributed by atoms with Crippen LogP contribution in [0.15, 0.2) is 12.1 Å². The number of thioether (sulfide) groups is 1. The highest BCUT2D eigenvalue weighted by molar-refractivity contribution is 7.99. The fourth-order valence-electron chi connectivity index (χ4n) is 3.03. The fraction of sp³-hybridized carbons (Fsp3) is 0.667. The second-order valence-corrected chi connectivity index (χ2v) is 7.33. The maximum Gasteiger partial charge on any atom is 0.126 e. The highest BCUT2D eigenvalue weighted by Gasteiger charge is 2.16. The van der Waals surface area contributed by atoms with E-state index in [0.717, 1.165) is 17.9 Å². The molecule has 1 saturated heterocycles. The number of rotatable bonds is 7. The van der Waals surface area contributed by atoms with Gasteiger partial charge in [-0.15, -0.1) is 0 Å². The lowest BCUT2D eigenvalue weighted by atomic mass is 9.93. The molecule has 1 fully saturated rings. The largest absolute Gasteiger partial charge is 0.497 e. The van der Waals surface area contributed by atoms with E-state index in [0.29, 0.717) is 5.92 Å². The molecule has 0 unspecified atom stereocenters. The Morgan fingerprint density at radius 2 is 1.86 bits per heavy atom. The molecule has 0 aliphatic carbocycles. The molecule has 0 N–H and O–H groups in total. The zero-order valence-corrected chi connectivity index (χ0v) is 15.2. The zero-order valence-electron chi connectivity index (χ0n) is 14.4. The molecular weight excluding hydrogens is 294 g/mol. The first-order valence-corrected chi connectivity index (χ1v) is 9.36. The summed E-state index contributed by atoms with van der Waals surface area (Å²) >= 11 is 2.07. The SMILES string of the molecule is COc1cc(OC)c(CCCN2CCSCC2)c(C(C)C)c1. The maximum absolute atomic E-state index is 5.62. The molecule has 0 saturated carbocycles. The molecule has 4 heteroatoms. The van der Waals surface area contributed by atoms with Crippen molar-refractivity contribution >= 4 is 11.8 Å². The minimum atomic E-state index is 0.477. The van der Waals surface area contributed by atoms with E-state index >= 15 is 0 Å². The Kier molecular flexibility index (Phi) is 6.90. The number of hydrogen-bond donors (Lipinski definition) is 0. The standard InChI is InChI=1S/C18H29NO2S/c1-14(2)17-12-15(20-3)13-18(21-4)16(17)6-5-7-19-8-10-22-11-9-19/h12-14H,5-11H2,1-4H3. The number of hydrogen-bond acceptors (Lipinski definition) is 4. The number of benzene rings is 1. The van der Waals surface area contributed by atoms with Gasteiger partial charge in [0, 0.05) is 30.7 Å². The summed E-state index contributed by atoms with van der Waals surface area (Å²) in [7, 11) is 3.47. The number of nitrogens with zero attached hydrogens (tertiary/aromatic N) is 1. The summed E-state index contributed by atoms with van der Waals surface area (Å²) in [6, 6.07) is 4.18. The van der Waals surface area contributed by atoms with Crippen molar-refractivity contribution in [2.24, 2.45) is 0 Å². The van der Waals surface area contributed by atoms with Gasteiger partial charge in [-0.1, -0.05) is 13.8 Å². The van der Waals surface area contributed by atoms with Crippen LogP contribution in [0.5, 0.6) is 11.5 Å². The summed E-state index contributed by atoms with van der Waals surface area (Å²) in [5.74, 6) is 4.90. The normalized spacial score (nSPS) is 16.0. The lowest BCUT2D eigenvalue weighted by Gasteiger charge is -2.26. The van der Waals surface area contributed by atoms with E-state index in [2.05, 4.69) is 36.6 Å². The Labute approximate surface area is 139 Å². The van der Waals surface area contributed by atoms with Gasteiger partial charge >= 0.3 is 0 Å². The van der Waals surface area contributed by atoms with Gasteiger partial charge in [0.05, 0.1) is 14.2 Å². The average molecular weight is 324 g/mol. The van der Waals surface area contributed by atoms with Crippen molar-refractivity contribution in [2.45, 2.75) is 32.6 Å². The van der Waals surface area contributed by atoms with Crippen molar-refractivity contribution < 1.29 is 9.47 Å². The molecule has 1 aromatic rings. The first kappa shape index (κ1) is 17.5. The summed E-state index contributed by atoms with van der Waals surface area (Å²) in [5, 5.41) is 0. The Morgan fingerprint density at radius 1 is 1.14 bits per heavy atom. The fourth-order valence-corrected chi connectivity index (χ4v) is 4.01. The maximum atomic E-state index is 5.62. The molecule has 2 rings (SSSR count). The third-order valence-electron chi connectivity index (χ3n) is 4.30. The van der Waals surface area contributed by atoms with E-state index in [1.165, 1.54) is 48.7 Å². The van der Waals surface area contributed by atoms with Gasteiger partial charge in [-0.25, -0.2) is 0 Å². The van der Waals surface area contributed by atoms with E-state index in [1.54, 1.807) is 14.2 Å². The molecule has 3 nitrogen and oxygen atoms in total. The second-order valence-electron chi connectivity index (χ2n) is 6.11. The quantitative estimate of drug-likeness (QED) is 0.760. The van der Waals surface area contributed by atoms with Crippen molar-refractivity contribution in [3.8, 4) is 11.5 Å². The van der Waals surface area contributed by atoms with Crippen LogP contribution in [-0.2, 0) is 6.42 Å². The topological polar surface area (TPSA) is 21.7 Å². The van der Waals surface area contributed by atoms with Gasteiger partial charge in [0.25, 0.3) is 0 Å². The van der Waals surface area contributed by atoms with Crippen molar-refractivity contribution in [1.82, 2.24) is 4.90 Å². The van der Waals surface area contributed by atoms with Crippen LogP contribution in [0.4, 0.5) is 0 Å². The van der Waals surface area contributed by atoms with Crippen molar-refractivity contribution in [3.63, 3.8) is 0 Å². The molecule has 0 aromatic heterocycles. The molecule has 22 heavy (non-hydrogen) atoms. The highest BCUT2D eigenvalue weighted by Crippen LogP contribution is 2.34. The van der Waals surface area contributed by atoms with Gasteiger partial charge in [0.15, 0.2) is 0 Å². The van der Waals surface area contributed by atoms with Gasteiger partial charge in [0.1, 0.15) is 11.5 Å². The number of methoxy groups -OCH3 is 2. The van der Waals surface area contributed by atoms with Gasteiger partial charge in [-0.2, -0.15) is 11.8 Å². The van der Waals surface area contributed by atoms with Crippen molar-refractivity contribution in [1.29, 1.82) is 0 Å². The van der Waals surface area contributed by atoms with E-state index in [9.17, 15) is 0 Å². The Bertz CT molecular complexity index is 470. The minimum Gasteiger partial charge on any atom is -0.497 e. The summed E-state index contributed by atoms with van der Waals surface area (Å²) in [6.07, 6.45) is 2.26. The van der Waals surface area contributed by atoms with Crippen LogP contribution in [0.2, 0.25) is 0 Å². The van der Waals surface area contributed by atoms with Crippen molar-refractivity contribution in [2.75, 3.05) is 45.4 Å². The van der Waals surface area contributed by atoms with Gasteiger partial charge in [0.2, 0.25) is 0 Å². The van der Waals surface area contributed by atoms with E-state index in [4.69, 9.17) is 9.47 Å². The van der Waals surface area contributed by atoms with Crippen LogP contribution in [0.25, 0.3) is 0 Å². The Morgan fingerprint density at radius 3 is 2.45 bits per heavy atom. The third kappa shape index (κ3) is 4.56. The Balaban J connectivity index is 2.07. The molecule has 0 amide bonds. The van der Waals surface area contributed by atoms with Crippen LogP contribution in [-0.4, -0.2) is 50.3 Å². The van der Waals surface area contributed by atoms with Crippen LogP contribution >= 0.6 is 11.8 Å². The van der Waals surface area contributed by atoms with E-state index < -0.39 is 0 Å². The predicted octanol–water partition coefficient (Wildman–Crippen LogP) is 3.81. The molecule has 1 heterocycles. The molecule has 0 radical (unpaired) electrons. The smallest absolute Gasteiger partial charge is 0.126 e. The van der Waals surface area contributed by atoms with E-state index in [-0.39, 0.29) is 0 Å². The lowest BCUT2D eigenvalue weighted by molar-refractivity contribution is 0.298.